The highest BCUT2D eigenvalue weighted by Gasteiger charge is 2.11. The van der Waals surface area contributed by atoms with Crippen molar-refractivity contribution in [3.05, 3.63) is 90.0 Å². The van der Waals surface area contributed by atoms with Crippen LogP contribution < -0.4 is 10.1 Å². The van der Waals surface area contributed by atoms with E-state index in [0.717, 1.165) is 16.7 Å². The van der Waals surface area contributed by atoms with Crippen molar-refractivity contribution in [2.75, 3.05) is 6.61 Å². The summed E-state index contributed by atoms with van der Waals surface area (Å²) in [6.45, 7) is 3.70. The number of carbonyl (C=O) groups excluding carboxylic acids is 2. The van der Waals surface area contributed by atoms with Crippen molar-refractivity contribution in [2.24, 2.45) is 0 Å². The van der Waals surface area contributed by atoms with Gasteiger partial charge in [-0.3, -0.25) is 9.59 Å². The van der Waals surface area contributed by atoms with Crippen LogP contribution >= 0.6 is 0 Å². The summed E-state index contributed by atoms with van der Waals surface area (Å²) in [6.07, 6.45) is 0.465. The molecule has 0 aliphatic heterocycles. The van der Waals surface area contributed by atoms with E-state index in [4.69, 9.17) is 4.74 Å². The van der Waals surface area contributed by atoms with Crippen molar-refractivity contribution < 1.29 is 14.3 Å². The molecule has 0 fully saturated rings. The Morgan fingerprint density at radius 1 is 0.862 bits per heavy atom. The summed E-state index contributed by atoms with van der Waals surface area (Å²) < 4.78 is 5.53. The van der Waals surface area contributed by atoms with E-state index in [9.17, 15) is 9.59 Å². The molecule has 0 unspecified atom stereocenters. The molecule has 0 aliphatic rings. The van der Waals surface area contributed by atoms with Crippen LogP contribution in [-0.2, 0) is 4.79 Å². The van der Waals surface area contributed by atoms with Crippen molar-refractivity contribution in [1.29, 1.82) is 0 Å². The number of nitrogens with one attached hydrogen (secondary N) is 1. The lowest BCUT2D eigenvalue weighted by molar-refractivity contribution is -0.123. The molecule has 0 heterocycles. The van der Waals surface area contributed by atoms with E-state index in [1.165, 1.54) is 0 Å². The summed E-state index contributed by atoms with van der Waals surface area (Å²) in [5, 5.41) is 2.95. The molecule has 1 N–H and O–H groups in total. The van der Waals surface area contributed by atoms with Crippen LogP contribution in [0.5, 0.6) is 5.75 Å². The largest absolute Gasteiger partial charge is 0.484 e. The van der Waals surface area contributed by atoms with Gasteiger partial charge in [0.1, 0.15) is 5.75 Å². The normalized spacial score (nSPS) is 11.5. The zero-order valence-corrected chi connectivity index (χ0v) is 16.7. The van der Waals surface area contributed by atoms with Crippen LogP contribution in [0.25, 0.3) is 11.1 Å². The van der Waals surface area contributed by atoms with E-state index in [1.807, 2.05) is 44.2 Å². The average molecular weight is 387 g/mol. The van der Waals surface area contributed by atoms with Crippen molar-refractivity contribution in [3.8, 4) is 16.9 Å². The van der Waals surface area contributed by atoms with Gasteiger partial charge in [-0.2, -0.15) is 0 Å². The molecule has 0 saturated carbocycles. The van der Waals surface area contributed by atoms with Gasteiger partial charge >= 0.3 is 0 Å². The predicted octanol–water partition coefficient (Wildman–Crippen LogP) is 5.20. The monoisotopic (exact) mass is 387 g/mol. The molecule has 0 aromatic heterocycles. The van der Waals surface area contributed by atoms with Gasteiger partial charge < -0.3 is 10.1 Å². The first-order valence-electron chi connectivity index (χ1n) is 9.77. The number of ketones is 1. The van der Waals surface area contributed by atoms with Gasteiger partial charge in [0.15, 0.2) is 12.4 Å². The average Bonchev–Trinajstić information content (AvgIpc) is 2.78. The molecule has 148 valence electrons. The van der Waals surface area contributed by atoms with Gasteiger partial charge in [-0.1, -0.05) is 61.5 Å². The molecule has 4 heteroatoms. The minimum Gasteiger partial charge on any atom is -0.484 e. The number of hydrogen-bond donors (Lipinski definition) is 1. The Morgan fingerprint density at radius 3 is 2.10 bits per heavy atom. The molecule has 0 saturated heterocycles. The van der Waals surface area contributed by atoms with Crippen LogP contribution in [0.2, 0.25) is 0 Å². The zero-order chi connectivity index (χ0) is 20.6. The van der Waals surface area contributed by atoms with Gasteiger partial charge in [0.2, 0.25) is 0 Å². The summed E-state index contributed by atoms with van der Waals surface area (Å²) in [5.41, 5.74) is 3.98. The predicted molar refractivity (Wildman–Crippen MR) is 115 cm³/mol. The van der Waals surface area contributed by atoms with Crippen LogP contribution in [0.3, 0.4) is 0 Å². The molecule has 3 rings (SSSR count). The summed E-state index contributed by atoms with van der Waals surface area (Å²) in [5.74, 6) is 0.451. The lowest BCUT2D eigenvalue weighted by Gasteiger charge is -2.15. The molecule has 0 bridgehead atoms. The number of rotatable bonds is 8. The number of hydrogen-bond acceptors (Lipinski definition) is 3. The standard InChI is InChI=1S/C25H25NO3/c1-3-24(27)22-13-15-23(16-14-22)29-17-25(28)26-18(2)19-9-11-21(12-10-19)20-7-5-4-6-8-20/h4-16,18H,3,17H2,1-2H3,(H,26,28)/t18-/m0/s1. The highest BCUT2D eigenvalue weighted by atomic mass is 16.5. The molecule has 3 aromatic rings. The Balaban J connectivity index is 1.52. The maximum Gasteiger partial charge on any atom is 0.258 e. The number of amides is 1. The van der Waals surface area contributed by atoms with Crippen LogP contribution in [0.15, 0.2) is 78.9 Å². The minimum atomic E-state index is -0.196. The van der Waals surface area contributed by atoms with E-state index >= 15 is 0 Å². The van der Waals surface area contributed by atoms with Crippen molar-refractivity contribution in [3.63, 3.8) is 0 Å². The third-order valence-corrected chi connectivity index (χ3v) is 4.76. The van der Waals surface area contributed by atoms with Gasteiger partial charge in [0.25, 0.3) is 5.91 Å². The first-order chi connectivity index (χ1) is 14.1. The Bertz CT molecular complexity index is 948. The Hall–Kier alpha value is -3.40. The summed E-state index contributed by atoms with van der Waals surface area (Å²) in [7, 11) is 0. The second-order valence-electron chi connectivity index (χ2n) is 6.87. The van der Waals surface area contributed by atoms with E-state index in [1.54, 1.807) is 24.3 Å². The van der Waals surface area contributed by atoms with Crippen LogP contribution in [0.1, 0.15) is 42.2 Å². The topological polar surface area (TPSA) is 55.4 Å². The van der Waals surface area contributed by atoms with Gasteiger partial charge in [0.05, 0.1) is 6.04 Å². The summed E-state index contributed by atoms with van der Waals surface area (Å²) >= 11 is 0. The van der Waals surface area contributed by atoms with E-state index in [2.05, 4.69) is 29.6 Å². The third-order valence-electron chi connectivity index (χ3n) is 4.76. The Labute approximate surface area is 171 Å². The summed E-state index contributed by atoms with van der Waals surface area (Å²) in [6, 6.07) is 25.1. The fraction of sp³-hybridized carbons (Fsp3) is 0.200. The highest BCUT2D eigenvalue weighted by Crippen LogP contribution is 2.21. The second-order valence-corrected chi connectivity index (χ2v) is 6.87. The first-order valence-corrected chi connectivity index (χ1v) is 9.77. The van der Waals surface area contributed by atoms with Crippen molar-refractivity contribution >= 4 is 11.7 Å². The number of benzene rings is 3. The van der Waals surface area contributed by atoms with Gasteiger partial charge in [-0.05, 0) is 47.9 Å². The number of carbonyl (C=O) groups is 2. The van der Waals surface area contributed by atoms with Gasteiger partial charge in [-0.15, -0.1) is 0 Å². The van der Waals surface area contributed by atoms with E-state index in [0.29, 0.717) is 17.7 Å². The van der Waals surface area contributed by atoms with Gasteiger partial charge in [0, 0.05) is 12.0 Å². The molecular weight excluding hydrogens is 362 g/mol. The van der Waals surface area contributed by atoms with Crippen molar-refractivity contribution in [1.82, 2.24) is 5.32 Å². The number of Topliss-reactive ketones (excluding diaryl/α,β-unsaturated/α-hetero) is 1. The molecule has 0 spiro atoms. The van der Waals surface area contributed by atoms with E-state index < -0.39 is 0 Å². The fourth-order valence-corrected chi connectivity index (χ4v) is 3.05. The second kappa shape index (κ2) is 9.69. The van der Waals surface area contributed by atoms with Gasteiger partial charge in [-0.25, -0.2) is 0 Å². The SMILES string of the molecule is CCC(=O)c1ccc(OCC(=O)N[C@@H](C)c2ccc(-c3ccccc3)cc2)cc1. The Morgan fingerprint density at radius 2 is 1.48 bits per heavy atom. The lowest BCUT2D eigenvalue weighted by atomic mass is 10.0. The summed E-state index contributed by atoms with van der Waals surface area (Å²) in [4.78, 5) is 23.9. The Kier molecular flexibility index (Phi) is 6.80. The van der Waals surface area contributed by atoms with Crippen LogP contribution in [0, 0.1) is 0 Å². The molecule has 0 aliphatic carbocycles. The maximum atomic E-state index is 12.2. The quantitative estimate of drug-likeness (QED) is 0.540. The number of ether oxygens (including phenoxy) is 1. The maximum absolute atomic E-state index is 12.2. The molecule has 0 radical (unpaired) electrons. The van der Waals surface area contributed by atoms with Crippen molar-refractivity contribution in [2.45, 2.75) is 26.3 Å². The molecule has 3 aromatic carbocycles. The van der Waals surface area contributed by atoms with Crippen LogP contribution in [0.4, 0.5) is 0 Å². The minimum absolute atomic E-state index is 0.0759. The molecule has 1 amide bonds. The third kappa shape index (κ3) is 5.55. The fourth-order valence-electron chi connectivity index (χ4n) is 3.05. The zero-order valence-electron chi connectivity index (χ0n) is 16.7. The molecule has 29 heavy (non-hydrogen) atoms. The molecular formula is C25H25NO3. The van der Waals surface area contributed by atoms with E-state index in [-0.39, 0.29) is 24.3 Å². The smallest absolute Gasteiger partial charge is 0.258 e. The first kappa shape index (κ1) is 20.3. The van der Waals surface area contributed by atoms with Crippen LogP contribution in [-0.4, -0.2) is 18.3 Å². The highest BCUT2D eigenvalue weighted by molar-refractivity contribution is 5.95. The lowest BCUT2D eigenvalue weighted by Crippen LogP contribution is -2.31. The molecule has 1 atom stereocenters. The molecule has 4 nitrogen and oxygen atoms in total.